The van der Waals surface area contributed by atoms with E-state index in [0.717, 1.165) is 13.0 Å². The Bertz CT molecular complexity index is 358. The molecule has 0 saturated heterocycles. The molecule has 1 aliphatic rings. The minimum Gasteiger partial charge on any atom is -0.508 e. The molecule has 2 nitrogen and oxygen atoms in total. The summed E-state index contributed by atoms with van der Waals surface area (Å²) >= 11 is 0. The lowest BCUT2D eigenvalue weighted by Gasteiger charge is -2.15. The predicted octanol–water partition coefficient (Wildman–Crippen LogP) is 2.51. The van der Waals surface area contributed by atoms with Crippen molar-refractivity contribution in [2.24, 2.45) is 0 Å². The van der Waals surface area contributed by atoms with Crippen LogP contribution in [0.3, 0.4) is 0 Å². The highest BCUT2D eigenvalue weighted by atomic mass is 16.3. The second kappa shape index (κ2) is 3.19. The molecule has 0 aliphatic carbocycles. The van der Waals surface area contributed by atoms with Crippen LogP contribution >= 0.6 is 0 Å². The molecule has 0 unspecified atom stereocenters. The van der Waals surface area contributed by atoms with Gasteiger partial charge in [0.2, 0.25) is 0 Å². The predicted molar refractivity (Wildman–Crippen MR) is 59.2 cm³/mol. The molecule has 0 spiro atoms. The van der Waals surface area contributed by atoms with Crippen molar-refractivity contribution in [2.45, 2.75) is 26.2 Å². The van der Waals surface area contributed by atoms with Crippen molar-refractivity contribution in [2.75, 3.05) is 18.5 Å². The number of aromatic hydroxyl groups is 1. The molecule has 1 heterocycles. The van der Waals surface area contributed by atoms with E-state index in [9.17, 15) is 5.11 Å². The van der Waals surface area contributed by atoms with Crippen molar-refractivity contribution in [1.82, 2.24) is 0 Å². The normalized spacial score (nSPS) is 15.0. The van der Waals surface area contributed by atoms with Crippen molar-refractivity contribution < 1.29 is 5.11 Å². The number of nitrogens with zero attached hydrogens (tertiary/aromatic N) is 1. The third-order valence-corrected chi connectivity index (χ3v) is 2.98. The number of fused-ring (bicyclic) bond motifs is 1. The minimum atomic E-state index is 0.390. The molecule has 14 heavy (non-hydrogen) atoms. The van der Waals surface area contributed by atoms with Crippen LogP contribution in [0.1, 0.15) is 30.9 Å². The summed E-state index contributed by atoms with van der Waals surface area (Å²) in [6, 6.07) is 3.77. The van der Waals surface area contributed by atoms with E-state index in [1.54, 1.807) is 0 Å². The molecular formula is C12H17NO. The summed E-state index contributed by atoms with van der Waals surface area (Å²) in [6.07, 6.45) is 1.11. The van der Waals surface area contributed by atoms with Crippen LogP contribution in [-0.2, 0) is 6.42 Å². The molecular weight excluding hydrogens is 174 g/mol. The molecule has 0 atom stereocenters. The molecule has 0 aromatic heterocycles. The Morgan fingerprint density at radius 2 is 2.07 bits per heavy atom. The number of hydrogen-bond donors (Lipinski definition) is 1. The molecule has 76 valence electrons. The van der Waals surface area contributed by atoms with E-state index in [0.29, 0.717) is 11.7 Å². The van der Waals surface area contributed by atoms with Gasteiger partial charge in [-0.3, -0.25) is 0 Å². The smallest absolute Gasteiger partial charge is 0.117 e. The molecule has 0 radical (unpaired) electrons. The topological polar surface area (TPSA) is 23.5 Å². The fraction of sp³-hybridized carbons (Fsp3) is 0.500. The van der Waals surface area contributed by atoms with E-state index in [1.807, 2.05) is 12.1 Å². The van der Waals surface area contributed by atoms with Crippen LogP contribution in [0.25, 0.3) is 0 Å². The van der Waals surface area contributed by atoms with Gasteiger partial charge in [0.1, 0.15) is 5.75 Å². The van der Waals surface area contributed by atoms with Gasteiger partial charge in [-0.15, -0.1) is 0 Å². The fourth-order valence-electron chi connectivity index (χ4n) is 2.19. The van der Waals surface area contributed by atoms with E-state index >= 15 is 0 Å². The van der Waals surface area contributed by atoms with Gasteiger partial charge in [-0.05, 0) is 29.5 Å². The molecule has 2 rings (SSSR count). The van der Waals surface area contributed by atoms with Crippen molar-refractivity contribution in [3.63, 3.8) is 0 Å². The lowest BCUT2D eigenvalue weighted by molar-refractivity contribution is 0.474. The highest BCUT2D eigenvalue weighted by Gasteiger charge is 2.21. The summed E-state index contributed by atoms with van der Waals surface area (Å²) in [5.41, 5.74) is 3.92. The number of phenolic OH excluding ortho intramolecular Hbond substituents is 1. The molecule has 1 N–H and O–H groups in total. The van der Waals surface area contributed by atoms with Gasteiger partial charge in [0.15, 0.2) is 0 Å². The zero-order chi connectivity index (χ0) is 10.3. The van der Waals surface area contributed by atoms with Crippen molar-refractivity contribution in [3.8, 4) is 5.75 Å². The highest BCUT2D eigenvalue weighted by molar-refractivity contribution is 5.63. The van der Waals surface area contributed by atoms with Crippen LogP contribution in [0.4, 0.5) is 5.69 Å². The van der Waals surface area contributed by atoms with Gasteiger partial charge in [0, 0.05) is 25.3 Å². The third kappa shape index (κ3) is 1.35. The number of phenols is 1. The van der Waals surface area contributed by atoms with E-state index in [4.69, 9.17) is 0 Å². The third-order valence-electron chi connectivity index (χ3n) is 2.98. The van der Waals surface area contributed by atoms with Gasteiger partial charge < -0.3 is 10.0 Å². The van der Waals surface area contributed by atoms with Crippen LogP contribution in [0, 0.1) is 0 Å². The maximum atomic E-state index is 9.62. The Morgan fingerprint density at radius 3 is 2.71 bits per heavy atom. The van der Waals surface area contributed by atoms with E-state index < -0.39 is 0 Å². The molecule has 1 aromatic carbocycles. The van der Waals surface area contributed by atoms with Gasteiger partial charge in [0.25, 0.3) is 0 Å². The van der Waals surface area contributed by atoms with Crippen molar-refractivity contribution in [1.29, 1.82) is 0 Å². The Morgan fingerprint density at radius 1 is 1.36 bits per heavy atom. The summed E-state index contributed by atoms with van der Waals surface area (Å²) in [4.78, 5) is 2.21. The zero-order valence-corrected chi connectivity index (χ0v) is 9.04. The standard InChI is InChI=1S/C12H17NO/c1-8(2)11-6-9(14)7-12-10(11)4-5-13(12)3/h6-8,14H,4-5H2,1-3H3. The van der Waals surface area contributed by atoms with Crippen LogP contribution in [0.15, 0.2) is 12.1 Å². The largest absolute Gasteiger partial charge is 0.508 e. The lowest BCUT2D eigenvalue weighted by atomic mass is 9.95. The quantitative estimate of drug-likeness (QED) is 0.737. The van der Waals surface area contributed by atoms with E-state index in [-0.39, 0.29) is 0 Å². The first kappa shape index (κ1) is 9.38. The minimum absolute atomic E-state index is 0.390. The van der Waals surface area contributed by atoms with Crippen LogP contribution in [0.5, 0.6) is 5.75 Å². The number of benzene rings is 1. The van der Waals surface area contributed by atoms with Crippen LogP contribution in [-0.4, -0.2) is 18.7 Å². The van der Waals surface area contributed by atoms with Crippen LogP contribution < -0.4 is 4.90 Å². The SMILES string of the molecule is CC(C)c1cc(O)cc2c1CCN2C. The van der Waals surface area contributed by atoms with Crippen molar-refractivity contribution >= 4 is 5.69 Å². The lowest BCUT2D eigenvalue weighted by Crippen LogP contribution is -2.12. The van der Waals surface area contributed by atoms with Crippen LogP contribution in [0.2, 0.25) is 0 Å². The first-order valence-corrected chi connectivity index (χ1v) is 5.16. The van der Waals surface area contributed by atoms with Gasteiger partial charge in [-0.1, -0.05) is 13.8 Å². The van der Waals surface area contributed by atoms with Crippen molar-refractivity contribution in [3.05, 3.63) is 23.3 Å². The fourth-order valence-corrected chi connectivity index (χ4v) is 2.19. The summed E-state index contributed by atoms with van der Waals surface area (Å²) in [7, 11) is 2.08. The first-order valence-electron chi connectivity index (χ1n) is 5.16. The maximum Gasteiger partial charge on any atom is 0.117 e. The second-order valence-corrected chi connectivity index (χ2v) is 4.36. The average molecular weight is 191 g/mol. The number of anilines is 1. The van der Waals surface area contributed by atoms with Gasteiger partial charge in [-0.2, -0.15) is 0 Å². The second-order valence-electron chi connectivity index (χ2n) is 4.36. The monoisotopic (exact) mass is 191 g/mol. The molecule has 1 aliphatic heterocycles. The van der Waals surface area contributed by atoms with Gasteiger partial charge in [-0.25, -0.2) is 0 Å². The summed E-state index contributed by atoms with van der Waals surface area (Å²) in [6.45, 7) is 5.42. The zero-order valence-electron chi connectivity index (χ0n) is 9.04. The Labute approximate surface area is 85.2 Å². The highest BCUT2D eigenvalue weighted by Crippen LogP contribution is 2.36. The summed E-state index contributed by atoms with van der Waals surface area (Å²) < 4.78 is 0. The molecule has 0 bridgehead atoms. The summed E-state index contributed by atoms with van der Waals surface area (Å²) in [5.74, 6) is 0.878. The number of likely N-dealkylation sites (N-methyl/N-ethyl adjacent to an activating group) is 1. The molecule has 0 fully saturated rings. The molecule has 0 amide bonds. The van der Waals surface area contributed by atoms with Gasteiger partial charge >= 0.3 is 0 Å². The summed E-state index contributed by atoms with van der Waals surface area (Å²) in [5, 5.41) is 9.62. The Hall–Kier alpha value is -1.18. The number of rotatable bonds is 1. The first-order chi connectivity index (χ1) is 6.59. The number of hydrogen-bond acceptors (Lipinski definition) is 2. The molecule has 2 heteroatoms. The molecule has 0 saturated carbocycles. The Balaban J connectivity index is 2.57. The van der Waals surface area contributed by atoms with E-state index in [1.165, 1.54) is 16.8 Å². The molecule has 1 aromatic rings. The maximum absolute atomic E-state index is 9.62. The average Bonchev–Trinajstić information content (AvgIpc) is 2.47. The Kier molecular flexibility index (Phi) is 2.14. The van der Waals surface area contributed by atoms with E-state index in [2.05, 4.69) is 25.8 Å². The van der Waals surface area contributed by atoms with Gasteiger partial charge in [0.05, 0.1) is 0 Å².